The molecule has 1 aliphatic heterocycles. The van der Waals surface area contributed by atoms with Crippen LogP contribution in [-0.4, -0.2) is 51.4 Å². The summed E-state index contributed by atoms with van der Waals surface area (Å²) in [5.41, 5.74) is 9.30. The molecule has 0 aromatic heterocycles. The molecule has 0 spiro atoms. The monoisotopic (exact) mass is 345 g/mol. The molecule has 0 aliphatic carbocycles. The van der Waals surface area contributed by atoms with Gasteiger partial charge in [0.25, 0.3) is 0 Å². The van der Waals surface area contributed by atoms with Gasteiger partial charge in [0.15, 0.2) is 0 Å². The number of hydrogen-bond donors (Lipinski definition) is 5. The fraction of sp³-hybridized carbons (Fsp3) is 0.368. The molecule has 0 saturated carbocycles. The smallest absolute Gasteiger partial charge is 0.113 e. The van der Waals surface area contributed by atoms with Crippen molar-refractivity contribution in [1.29, 1.82) is 0 Å². The Bertz CT molecular complexity index is 706. The molecule has 25 heavy (non-hydrogen) atoms. The van der Waals surface area contributed by atoms with Gasteiger partial charge in [-0.15, -0.1) is 0 Å². The fourth-order valence-corrected chi connectivity index (χ4v) is 3.15. The van der Waals surface area contributed by atoms with Gasteiger partial charge in [0, 0.05) is 5.69 Å². The second-order valence-electron chi connectivity index (χ2n) is 6.37. The second kappa shape index (κ2) is 7.51. The first-order chi connectivity index (χ1) is 12.0. The van der Waals surface area contributed by atoms with Crippen molar-refractivity contribution in [2.75, 3.05) is 12.3 Å². The van der Waals surface area contributed by atoms with Crippen LogP contribution >= 0.6 is 0 Å². The molecule has 0 amide bonds. The number of nitrogen functional groups attached to an aromatic ring is 1. The van der Waals surface area contributed by atoms with Crippen LogP contribution in [0, 0.1) is 0 Å². The zero-order valence-corrected chi connectivity index (χ0v) is 13.7. The fourth-order valence-electron chi connectivity index (χ4n) is 3.15. The summed E-state index contributed by atoms with van der Waals surface area (Å²) in [7, 11) is 0. The van der Waals surface area contributed by atoms with Crippen molar-refractivity contribution >= 4 is 5.69 Å². The molecule has 6 heteroatoms. The Morgan fingerprint density at radius 1 is 0.920 bits per heavy atom. The molecular weight excluding hydrogens is 322 g/mol. The van der Waals surface area contributed by atoms with Crippen LogP contribution in [-0.2, 0) is 11.2 Å². The number of anilines is 1. The van der Waals surface area contributed by atoms with Crippen LogP contribution in [0.2, 0.25) is 0 Å². The highest BCUT2D eigenvalue weighted by atomic mass is 16.5. The van der Waals surface area contributed by atoms with Gasteiger partial charge in [-0.2, -0.15) is 0 Å². The predicted octanol–water partition coefficient (Wildman–Crippen LogP) is 0.374. The summed E-state index contributed by atoms with van der Waals surface area (Å²) in [6.07, 6.45) is -5.23. The van der Waals surface area contributed by atoms with Gasteiger partial charge in [-0.1, -0.05) is 42.5 Å². The number of nitrogens with two attached hydrogens (primary N) is 1. The van der Waals surface area contributed by atoms with Crippen molar-refractivity contribution < 1.29 is 25.2 Å². The Labute approximate surface area is 146 Å². The average Bonchev–Trinajstić information content (AvgIpc) is 2.63. The molecule has 6 nitrogen and oxygen atoms in total. The number of hydrogen-bond acceptors (Lipinski definition) is 6. The average molecular weight is 345 g/mol. The zero-order chi connectivity index (χ0) is 18.0. The molecular formula is C19H23NO5. The van der Waals surface area contributed by atoms with Gasteiger partial charge in [-0.05, 0) is 29.2 Å². The third-order valence-corrected chi connectivity index (χ3v) is 4.63. The molecule has 0 unspecified atom stereocenters. The lowest BCUT2D eigenvalue weighted by atomic mass is 9.90. The van der Waals surface area contributed by atoms with E-state index in [2.05, 4.69) is 0 Å². The lowest BCUT2D eigenvalue weighted by Gasteiger charge is -2.40. The first-order valence-electron chi connectivity index (χ1n) is 8.24. The number of benzene rings is 2. The minimum Gasteiger partial charge on any atom is -0.398 e. The van der Waals surface area contributed by atoms with Gasteiger partial charge >= 0.3 is 0 Å². The molecule has 0 radical (unpaired) electrons. The Kier molecular flexibility index (Phi) is 5.36. The molecule has 3 rings (SSSR count). The number of ether oxygens (including phenoxy) is 1. The Morgan fingerprint density at radius 3 is 2.32 bits per heavy atom. The minimum absolute atomic E-state index is 0.451. The van der Waals surface area contributed by atoms with Crippen molar-refractivity contribution in [2.24, 2.45) is 0 Å². The van der Waals surface area contributed by atoms with E-state index < -0.39 is 37.1 Å². The van der Waals surface area contributed by atoms with Crippen molar-refractivity contribution in [2.45, 2.75) is 36.9 Å². The summed E-state index contributed by atoms with van der Waals surface area (Å²) in [5.74, 6) is 0. The lowest BCUT2D eigenvalue weighted by molar-refractivity contribution is -0.231. The zero-order valence-electron chi connectivity index (χ0n) is 13.7. The topological polar surface area (TPSA) is 116 Å². The normalized spacial score (nSPS) is 29.5. The molecule has 6 N–H and O–H groups in total. The molecule has 1 heterocycles. The van der Waals surface area contributed by atoms with E-state index in [1.54, 1.807) is 12.1 Å². The van der Waals surface area contributed by atoms with E-state index in [1.165, 1.54) is 0 Å². The minimum atomic E-state index is -1.40. The molecule has 1 aliphatic rings. The number of rotatable bonds is 4. The molecule has 2 aromatic rings. The molecule has 5 atom stereocenters. The van der Waals surface area contributed by atoms with Gasteiger partial charge in [-0.25, -0.2) is 0 Å². The van der Waals surface area contributed by atoms with Crippen LogP contribution in [0.15, 0.2) is 48.5 Å². The Balaban J connectivity index is 1.88. The number of aliphatic hydroxyl groups is 4. The van der Waals surface area contributed by atoms with E-state index in [4.69, 9.17) is 10.5 Å². The van der Waals surface area contributed by atoms with Crippen LogP contribution in [0.25, 0.3) is 0 Å². The Morgan fingerprint density at radius 2 is 1.64 bits per heavy atom. The predicted molar refractivity (Wildman–Crippen MR) is 92.8 cm³/mol. The summed E-state index contributed by atoms with van der Waals surface area (Å²) in [6, 6.07) is 15.1. The van der Waals surface area contributed by atoms with Crippen LogP contribution in [0.5, 0.6) is 0 Å². The van der Waals surface area contributed by atoms with Gasteiger partial charge in [0.05, 0.1) is 6.61 Å². The SMILES string of the molecule is Nc1ccc([C@@H]2O[C@H](CO)[C@@H](O)[C@H](O)[C@H]2O)cc1Cc1ccccc1. The summed E-state index contributed by atoms with van der Waals surface area (Å²) < 4.78 is 5.61. The molecule has 0 bridgehead atoms. The van der Waals surface area contributed by atoms with E-state index in [1.807, 2.05) is 36.4 Å². The number of aliphatic hydroxyl groups excluding tert-OH is 4. The van der Waals surface area contributed by atoms with Gasteiger partial charge < -0.3 is 30.9 Å². The van der Waals surface area contributed by atoms with E-state index in [0.717, 1.165) is 11.1 Å². The molecule has 2 aromatic carbocycles. The van der Waals surface area contributed by atoms with Crippen molar-refractivity contribution in [3.63, 3.8) is 0 Å². The first kappa shape index (κ1) is 17.8. The van der Waals surface area contributed by atoms with Crippen LogP contribution in [0.1, 0.15) is 22.8 Å². The van der Waals surface area contributed by atoms with Crippen molar-refractivity contribution in [3.8, 4) is 0 Å². The lowest BCUT2D eigenvalue weighted by Crippen LogP contribution is -2.55. The maximum atomic E-state index is 10.3. The summed E-state index contributed by atoms with van der Waals surface area (Å²) in [4.78, 5) is 0. The van der Waals surface area contributed by atoms with Crippen molar-refractivity contribution in [1.82, 2.24) is 0 Å². The maximum absolute atomic E-state index is 10.3. The molecule has 1 saturated heterocycles. The van der Waals surface area contributed by atoms with E-state index >= 15 is 0 Å². The largest absolute Gasteiger partial charge is 0.398 e. The van der Waals surface area contributed by atoms with Gasteiger partial charge in [0.1, 0.15) is 30.5 Å². The second-order valence-corrected chi connectivity index (χ2v) is 6.37. The van der Waals surface area contributed by atoms with Crippen molar-refractivity contribution in [3.05, 3.63) is 65.2 Å². The van der Waals surface area contributed by atoms with Crippen LogP contribution < -0.4 is 5.73 Å². The standard InChI is InChI=1S/C19H23NO5/c20-14-7-6-12(9-13(14)8-11-4-2-1-3-5-11)19-18(24)17(23)16(22)15(10-21)25-19/h1-7,9,15-19,21-24H,8,10,20H2/t15-,16-,17+,18-,19+/m1/s1. The highest BCUT2D eigenvalue weighted by Gasteiger charge is 2.43. The van der Waals surface area contributed by atoms with Crippen LogP contribution in [0.4, 0.5) is 5.69 Å². The Hall–Kier alpha value is -1.96. The quantitative estimate of drug-likeness (QED) is 0.512. The van der Waals surface area contributed by atoms with Gasteiger partial charge in [-0.3, -0.25) is 0 Å². The maximum Gasteiger partial charge on any atom is 0.113 e. The summed E-state index contributed by atoms with van der Waals surface area (Å²) >= 11 is 0. The first-order valence-corrected chi connectivity index (χ1v) is 8.24. The highest BCUT2D eigenvalue weighted by Crippen LogP contribution is 2.34. The van der Waals surface area contributed by atoms with Gasteiger partial charge in [0.2, 0.25) is 0 Å². The third-order valence-electron chi connectivity index (χ3n) is 4.63. The molecule has 1 fully saturated rings. The van der Waals surface area contributed by atoms with E-state index in [-0.39, 0.29) is 0 Å². The summed E-state index contributed by atoms with van der Waals surface area (Å²) in [5, 5.41) is 39.5. The highest BCUT2D eigenvalue weighted by molar-refractivity contribution is 5.51. The van der Waals surface area contributed by atoms with Crippen LogP contribution in [0.3, 0.4) is 0 Å². The molecule has 134 valence electrons. The summed E-state index contributed by atoms with van der Waals surface area (Å²) in [6.45, 7) is -0.451. The van der Waals surface area contributed by atoms with E-state index in [0.29, 0.717) is 17.7 Å². The third kappa shape index (κ3) is 3.68. The van der Waals surface area contributed by atoms with E-state index in [9.17, 15) is 20.4 Å².